The van der Waals surface area contributed by atoms with Crippen LogP contribution >= 0.6 is 0 Å². The highest BCUT2D eigenvalue weighted by molar-refractivity contribution is 4.98. The van der Waals surface area contributed by atoms with Gasteiger partial charge >= 0.3 is 0 Å². The lowest BCUT2D eigenvalue weighted by atomic mass is 10.4. The maximum Gasteiger partial charge on any atom is 0.0630 e. The first kappa shape index (κ1) is 7.24. The Hall–Kier alpha value is -0.870. The van der Waals surface area contributed by atoms with Crippen molar-refractivity contribution in [3.05, 3.63) is 18.0 Å². The first-order valence-corrected chi connectivity index (χ1v) is 3.07. The molecule has 56 valence electrons. The van der Waals surface area contributed by atoms with E-state index < -0.39 is 0 Å². The highest BCUT2D eigenvalue weighted by Crippen LogP contribution is 1.93. The molecule has 1 heterocycles. The summed E-state index contributed by atoms with van der Waals surface area (Å²) in [5, 5.41) is 3.99. The number of nitrogens with zero attached hydrogens (tertiary/aromatic N) is 2. The van der Waals surface area contributed by atoms with Crippen molar-refractivity contribution in [2.45, 2.75) is 6.54 Å². The summed E-state index contributed by atoms with van der Waals surface area (Å²) < 4.78 is 1.80. The van der Waals surface area contributed by atoms with Gasteiger partial charge < -0.3 is 4.84 Å². The predicted octanol–water partition coefficient (Wildman–Crippen LogP) is 0.0711. The lowest BCUT2D eigenvalue weighted by molar-refractivity contribution is 0.0850. The van der Waals surface area contributed by atoms with Crippen molar-refractivity contribution in [1.29, 1.82) is 0 Å². The molecular formula is C6H11N3O. The second-order valence-corrected chi connectivity index (χ2v) is 1.97. The molecule has 1 aromatic heterocycles. The van der Waals surface area contributed by atoms with Crippen LogP contribution in [-0.4, -0.2) is 16.9 Å². The molecule has 0 aliphatic carbocycles. The largest absolute Gasteiger partial charge is 0.305 e. The summed E-state index contributed by atoms with van der Waals surface area (Å²) in [6.45, 7) is 0.688. The molecule has 0 saturated heterocycles. The van der Waals surface area contributed by atoms with Gasteiger partial charge in [-0.25, -0.2) is 0 Å². The number of nitrogens with one attached hydrogen (secondary N) is 1. The molecule has 0 bridgehead atoms. The zero-order chi connectivity index (χ0) is 7.40. The van der Waals surface area contributed by atoms with Crippen molar-refractivity contribution in [3.63, 3.8) is 0 Å². The van der Waals surface area contributed by atoms with Gasteiger partial charge in [0.1, 0.15) is 0 Å². The third-order valence-corrected chi connectivity index (χ3v) is 1.32. The van der Waals surface area contributed by atoms with Crippen molar-refractivity contribution in [2.24, 2.45) is 7.05 Å². The Morgan fingerprint density at radius 3 is 3.10 bits per heavy atom. The SMILES string of the molecule is CONCc1ccnn1C. The molecule has 0 fully saturated rings. The van der Waals surface area contributed by atoms with E-state index in [-0.39, 0.29) is 0 Å². The van der Waals surface area contributed by atoms with Gasteiger partial charge in [0.05, 0.1) is 19.3 Å². The first-order chi connectivity index (χ1) is 4.84. The minimum Gasteiger partial charge on any atom is -0.305 e. The molecule has 4 heteroatoms. The maximum absolute atomic E-state index is 4.68. The minimum absolute atomic E-state index is 0.688. The molecular weight excluding hydrogens is 130 g/mol. The van der Waals surface area contributed by atoms with E-state index in [0.29, 0.717) is 6.54 Å². The fourth-order valence-corrected chi connectivity index (χ4v) is 0.721. The van der Waals surface area contributed by atoms with Crippen LogP contribution in [-0.2, 0) is 18.4 Å². The van der Waals surface area contributed by atoms with E-state index >= 15 is 0 Å². The molecule has 0 saturated carbocycles. The van der Waals surface area contributed by atoms with Gasteiger partial charge in [0, 0.05) is 13.2 Å². The summed E-state index contributed by atoms with van der Waals surface area (Å²) in [7, 11) is 3.49. The van der Waals surface area contributed by atoms with Crippen LogP contribution in [0.4, 0.5) is 0 Å². The number of hydrogen-bond acceptors (Lipinski definition) is 3. The van der Waals surface area contributed by atoms with E-state index in [0.717, 1.165) is 5.69 Å². The van der Waals surface area contributed by atoms with E-state index in [4.69, 9.17) is 0 Å². The van der Waals surface area contributed by atoms with Gasteiger partial charge in [-0.1, -0.05) is 0 Å². The summed E-state index contributed by atoms with van der Waals surface area (Å²) in [5.74, 6) is 0. The van der Waals surface area contributed by atoms with E-state index in [1.165, 1.54) is 0 Å². The van der Waals surface area contributed by atoms with Crippen LogP contribution in [0.25, 0.3) is 0 Å². The van der Waals surface area contributed by atoms with Gasteiger partial charge in [-0.3, -0.25) is 4.68 Å². The molecule has 0 aliphatic heterocycles. The van der Waals surface area contributed by atoms with Gasteiger partial charge in [-0.2, -0.15) is 10.6 Å². The number of hydroxylamine groups is 1. The second-order valence-electron chi connectivity index (χ2n) is 1.97. The minimum atomic E-state index is 0.688. The molecule has 0 unspecified atom stereocenters. The highest BCUT2D eigenvalue weighted by Gasteiger charge is 1.94. The van der Waals surface area contributed by atoms with Crippen molar-refractivity contribution in [1.82, 2.24) is 15.3 Å². The molecule has 1 N–H and O–H groups in total. The highest BCUT2D eigenvalue weighted by atomic mass is 16.6. The summed E-state index contributed by atoms with van der Waals surface area (Å²) in [4.78, 5) is 4.68. The Bertz CT molecular complexity index is 197. The van der Waals surface area contributed by atoms with Crippen molar-refractivity contribution in [2.75, 3.05) is 7.11 Å². The normalized spacial score (nSPS) is 10.2. The molecule has 0 amide bonds. The zero-order valence-electron chi connectivity index (χ0n) is 6.16. The molecule has 4 nitrogen and oxygen atoms in total. The average molecular weight is 141 g/mol. The molecule has 0 spiro atoms. The molecule has 0 aromatic carbocycles. The number of aryl methyl sites for hydroxylation is 1. The Morgan fingerprint density at radius 2 is 2.60 bits per heavy atom. The van der Waals surface area contributed by atoms with Gasteiger partial charge in [-0.15, -0.1) is 0 Å². The van der Waals surface area contributed by atoms with Gasteiger partial charge in [0.2, 0.25) is 0 Å². The Morgan fingerprint density at radius 1 is 1.80 bits per heavy atom. The Balaban J connectivity index is 2.49. The zero-order valence-corrected chi connectivity index (χ0v) is 6.16. The van der Waals surface area contributed by atoms with Crippen LogP contribution in [0.15, 0.2) is 12.3 Å². The summed E-state index contributed by atoms with van der Waals surface area (Å²) in [5.41, 5.74) is 3.83. The standard InChI is InChI=1S/C6H11N3O/c1-9-6(3-4-7-9)5-8-10-2/h3-4,8H,5H2,1-2H3. The second kappa shape index (κ2) is 3.34. The van der Waals surface area contributed by atoms with E-state index in [1.54, 1.807) is 18.0 Å². The molecule has 0 radical (unpaired) electrons. The predicted molar refractivity (Wildman–Crippen MR) is 37.1 cm³/mol. The quantitative estimate of drug-likeness (QED) is 0.605. The third kappa shape index (κ3) is 1.55. The van der Waals surface area contributed by atoms with Crippen LogP contribution in [0.5, 0.6) is 0 Å². The lowest BCUT2D eigenvalue weighted by Crippen LogP contribution is -2.13. The van der Waals surface area contributed by atoms with E-state index in [1.807, 2.05) is 13.1 Å². The molecule has 1 rings (SSSR count). The first-order valence-electron chi connectivity index (χ1n) is 3.07. The molecule has 0 atom stereocenters. The number of hydrogen-bond donors (Lipinski definition) is 1. The summed E-state index contributed by atoms with van der Waals surface area (Å²) in [6, 6.07) is 1.94. The number of aromatic nitrogens is 2. The van der Waals surface area contributed by atoms with E-state index in [2.05, 4.69) is 15.4 Å². The van der Waals surface area contributed by atoms with Crippen LogP contribution in [0.1, 0.15) is 5.69 Å². The molecule has 0 aliphatic rings. The lowest BCUT2D eigenvalue weighted by Gasteiger charge is -2.00. The third-order valence-electron chi connectivity index (χ3n) is 1.32. The van der Waals surface area contributed by atoms with Crippen LogP contribution < -0.4 is 5.48 Å². The van der Waals surface area contributed by atoms with Crippen molar-refractivity contribution >= 4 is 0 Å². The van der Waals surface area contributed by atoms with Gasteiger partial charge in [0.15, 0.2) is 0 Å². The van der Waals surface area contributed by atoms with Crippen LogP contribution in [0.3, 0.4) is 0 Å². The average Bonchev–Trinajstić information content (AvgIpc) is 2.31. The van der Waals surface area contributed by atoms with Crippen molar-refractivity contribution in [3.8, 4) is 0 Å². The molecule has 10 heavy (non-hydrogen) atoms. The number of rotatable bonds is 3. The van der Waals surface area contributed by atoms with Gasteiger partial charge in [0.25, 0.3) is 0 Å². The van der Waals surface area contributed by atoms with Crippen molar-refractivity contribution < 1.29 is 4.84 Å². The summed E-state index contributed by atoms with van der Waals surface area (Å²) >= 11 is 0. The monoisotopic (exact) mass is 141 g/mol. The smallest absolute Gasteiger partial charge is 0.0630 e. The molecule has 1 aromatic rings. The topological polar surface area (TPSA) is 39.1 Å². The fourth-order valence-electron chi connectivity index (χ4n) is 0.721. The van der Waals surface area contributed by atoms with Gasteiger partial charge in [-0.05, 0) is 6.07 Å². The fraction of sp³-hybridized carbons (Fsp3) is 0.500. The summed E-state index contributed by atoms with van der Waals surface area (Å²) in [6.07, 6.45) is 1.76. The maximum atomic E-state index is 4.68. The Kier molecular flexibility index (Phi) is 2.42. The van der Waals surface area contributed by atoms with Crippen LogP contribution in [0.2, 0.25) is 0 Å². The Labute approximate surface area is 59.8 Å². The van der Waals surface area contributed by atoms with E-state index in [9.17, 15) is 0 Å². The van der Waals surface area contributed by atoms with Crippen LogP contribution in [0, 0.1) is 0 Å².